The Balaban J connectivity index is 1.73. The molecule has 1 aromatic heterocycles. The first-order valence-electron chi connectivity index (χ1n) is 7.01. The Morgan fingerprint density at radius 3 is 2.83 bits per heavy atom. The molecule has 0 aliphatic heterocycles. The van der Waals surface area contributed by atoms with Crippen LogP contribution in [0.4, 0.5) is 13.6 Å². The zero-order valence-corrected chi connectivity index (χ0v) is 13.3. The fourth-order valence-electron chi connectivity index (χ4n) is 1.96. The maximum atomic E-state index is 13.5. The van der Waals surface area contributed by atoms with E-state index in [4.69, 9.17) is 0 Å². The predicted molar refractivity (Wildman–Crippen MR) is 83.3 cm³/mol. The van der Waals surface area contributed by atoms with Crippen molar-refractivity contribution in [2.45, 2.75) is 19.4 Å². The molecule has 1 aromatic carbocycles. The molecule has 8 heteroatoms. The Hall–Kier alpha value is -2.06. The van der Waals surface area contributed by atoms with Crippen molar-refractivity contribution in [1.82, 2.24) is 15.6 Å². The molecule has 1 unspecified atom stereocenters. The van der Waals surface area contributed by atoms with E-state index in [1.165, 1.54) is 0 Å². The highest BCUT2D eigenvalue weighted by atomic mass is 32.1. The number of nitrogens with zero attached hydrogens (tertiary/aromatic N) is 1. The molecule has 0 fully saturated rings. The summed E-state index contributed by atoms with van der Waals surface area (Å²) in [6.07, 6.45) is -0.644. The molecule has 0 saturated heterocycles. The van der Waals surface area contributed by atoms with Crippen LogP contribution in [-0.2, 0) is 6.42 Å². The third kappa shape index (κ3) is 5.26. The van der Waals surface area contributed by atoms with Gasteiger partial charge in [0.2, 0.25) is 0 Å². The number of urea groups is 1. The van der Waals surface area contributed by atoms with Gasteiger partial charge in [0.15, 0.2) is 0 Å². The predicted octanol–water partition coefficient (Wildman–Crippen LogP) is 2.31. The van der Waals surface area contributed by atoms with Crippen LogP contribution >= 0.6 is 11.3 Å². The average molecular weight is 341 g/mol. The molecule has 2 rings (SSSR count). The minimum Gasteiger partial charge on any atom is -0.386 e. The molecule has 0 bridgehead atoms. The van der Waals surface area contributed by atoms with Crippen molar-refractivity contribution in [2.24, 2.45) is 0 Å². The summed E-state index contributed by atoms with van der Waals surface area (Å²) in [5, 5.41) is 17.8. The average Bonchev–Trinajstić information content (AvgIpc) is 2.90. The molecule has 2 amide bonds. The molecule has 1 atom stereocenters. The smallest absolute Gasteiger partial charge is 0.314 e. The van der Waals surface area contributed by atoms with E-state index in [-0.39, 0.29) is 12.1 Å². The first kappa shape index (κ1) is 17.3. The summed E-state index contributed by atoms with van der Waals surface area (Å²) < 4.78 is 26.3. The van der Waals surface area contributed by atoms with E-state index in [1.807, 2.05) is 12.3 Å². The molecule has 0 saturated carbocycles. The number of thiazole rings is 1. The van der Waals surface area contributed by atoms with E-state index in [1.54, 1.807) is 11.3 Å². The van der Waals surface area contributed by atoms with Crippen LogP contribution in [0.1, 0.15) is 22.4 Å². The first-order chi connectivity index (χ1) is 11.0. The number of carbonyl (C=O) groups excluding carboxylic acids is 1. The summed E-state index contributed by atoms with van der Waals surface area (Å²) in [4.78, 5) is 15.9. The van der Waals surface area contributed by atoms with Crippen molar-refractivity contribution in [1.29, 1.82) is 0 Å². The number of aryl methyl sites for hydroxylation is 1. The number of carbonyl (C=O) groups is 1. The van der Waals surface area contributed by atoms with Crippen molar-refractivity contribution in [3.63, 3.8) is 0 Å². The van der Waals surface area contributed by atoms with Gasteiger partial charge in [-0.2, -0.15) is 0 Å². The second kappa shape index (κ2) is 7.98. The Bertz CT molecular complexity index is 678. The number of amides is 2. The summed E-state index contributed by atoms with van der Waals surface area (Å²) in [7, 11) is 0. The van der Waals surface area contributed by atoms with Crippen molar-refractivity contribution in [3.8, 4) is 0 Å². The van der Waals surface area contributed by atoms with E-state index in [0.717, 1.165) is 22.8 Å². The number of rotatable bonds is 6. The van der Waals surface area contributed by atoms with Crippen LogP contribution in [0.5, 0.6) is 0 Å². The summed E-state index contributed by atoms with van der Waals surface area (Å²) in [6.45, 7) is 2.13. The maximum absolute atomic E-state index is 13.5. The van der Waals surface area contributed by atoms with Gasteiger partial charge in [-0.05, 0) is 13.0 Å². The lowest BCUT2D eigenvalue weighted by atomic mass is 10.1. The molecule has 0 radical (unpaired) electrons. The van der Waals surface area contributed by atoms with Crippen LogP contribution in [-0.4, -0.2) is 29.2 Å². The molecule has 5 nitrogen and oxygen atoms in total. The van der Waals surface area contributed by atoms with Gasteiger partial charge in [-0.15, -0.1) is 11.3 Å². The Labute approximate surface area is 136 Å². The quantitative estimate of drug-likeness (QED) is 0.755. The summed E-state index contributed by atoms with van der Waals surface area (Å²) >= 11 is 1.54. The summed E-state index contributed by atoms with van der Waals surface area (Å²) in [5.41, 5.74) is 0.839. The highest BCUT2D eigenvalue weighted by Gasteiger charge is 2.14. The van der Waals surface area contributed by atoms with Gasteiger partial charge >= 0.3 is 6.03 Å². The van der Waals surface area contributed by atoms with E-state index < -0.39 is 23.8 Å². The van der Waals surface area contributed by atoms with Crippen LogP contribution in [0, 0.1) is 18.6 Å². The normalized spacial score (nSPS) is 12.0. The lowest BCUT2D eigenvalue weighted by molar-refractivity contribution is 0.168. The number of aromatic nitrogens is 1. The van der Waals surface area contributed by atoms with Crippen LogP contribution in [0.25, 0.3) is 0 Å². The van der Waals surface area contributed by atoms with Crippen LogP contribution in [0.15, 0.2) is 23.6 Å². The number of hydrogen-bond acceptors (Lipinski definition) is 4. The number of hydrogen-bond donors (Lipinski definition) is 3. The van der Waals surface area contributed by atoms with Gasteiger partial charge < -0.3 is 15.7 Å². The monoisotopic (exact) mass is 341 g/mol. The van der Waals surface area contributed by atoms with Crippen molar-refractivity contribution in [3.05, 3.63) is 51.5 Å². The van der Waals surface area contributed by atoms with Gasteiger partial charge in [-0.25, -0.2) is 18.6 Å². The van der Waals surface area contributed by atoms with Gasteiger partial charge in [0.25, 0.3) is 0 Å². The summed E-state index contributed by atoms with van der Waals surface area (Å²) in [6, 6.07) is 2.42. The standard InChI is InChI=1S/C15H17F2N3O2S/c1-9-20-11(8-23-9)4-5-18-15(22)19-7-14(21)12-3-2-10(16)6-13(12)17/h2-3,6,8,14,21H,4-5,7H2,1H3,(H2,18,19,22). The number of benzene rings is 1. The van der Waals surface area contributed by atoms with Gasteiger partial charge in [-0.1, -0.05) is 6.07 Å². The molecule has 2 aromatic rings. The van der Waals surface area contributed by atoms with E-state index >= 15 is 0 Å². The maximum Gasteiger partial charge on any atom is 0.314 e. The number of aliphatic hydroxyl groups is 1. The number of aliphatic hydroxyl groups excluding tert-OH is 1. The summed E-state index contributed by atoms with van der Waals surface area (Å²) in [5.74, 6) is -1.57. The van der Waals surface area contributed by atoms with E-state index in [9.17, 15) is 18.7 Å². The van der Waals surface area contributed by atoms with Crippen LogP contribution in [0.2, 0.25) is 0 Å². The molecule has 3 N–H and O–H groups in total. The second-order valence-electron chi connectivity index (χ2n) is 4.93. The van der Waals surface area contributed by atoms with Gasteiger partial charge in [0.1, 0.15) is 11.6 Å². The van der Waals surface area contributed by atoms with Gasteiger partial charge in [0, 0.05) is 36.5 Å². The van der Waals surface area contributed by atoms with Gasteiger partial charge in [-0.3, -0.25) is 0 Å². The molecule has 0 aliphatic carbocycles. The fraction of sp³-hybridized carbons (Fsp3) is 0.333. The highest BCUT2D eigenvalue weighted by molar-refractivity contribution is 7.09. The Morgan fingerprint density at radius 2 is 2.17 bits per heavy atom. The SMILES string of the molecule is Cc1nc(CCNC(=O)NCC(O)c2ccc(F)cc2F)cs1. The fourth-order valence-corrected chi connectivity index (χ4v) is 2.61. The molecular weight excluding hydrogens is 324 g/mol. The van der Waals surface area contributed by atoms with E-state index in [2.05, 4.69) is 15.6 Å². The van der Waals surface area contributed by atoms with E-state index in [0.29, 0.717) is 19.0 Å². The Kier molecular flexibility index (Phi) is 6.00. The second-order valence-corrected chi connectivity index (χ2v) is 5.99. The van der Waals surface area contributed by atoms with Gasteiger partial charge in [0.05, 0.1) is 16.8 Å². The molecule has 23 heavy (non-hydrogen) atoms. The lowest BCUT2D eigenvalue weighted by Crippen LogP contribution is -2.38. The highest BCUT2D eigenvalue weighted by Crippen LogP contribution is 2.17. The molecule has 0 spiro atoms. The molecule has 124 valence electrons. The zero-order valence-electron chi connectivity index (χ0n) is 12.5. The lowest BCUT2D eigenvalue weighted by Gasteiger charge is -2.13. The third-order valence-corrected chi connectivity index (χ3v) is 3.93. The zero-order chi connectivity index (χ0) is 16.8. The van der Waals surface area contributed by atoms with Crippen molar-refractivity contribution < 1.29 is 18.7 Å². The topological polar surface area (TPSA) is 74.2 Å². The minimum atomic E-state index is -1.25. The Morgan fingerprint density at radius 1 is 1.39 bits per heavy atom. The first-order valence-corrected chi connectivity index (χ1v) is 7.89. The number of nitrogens with one attached hydrogen (secondary N) is 2. The molecule has 1 heterocycles. The third-order valence-electron chi connectivity index (χ3n) is 3.11. The molecule has 0 aliphatic rings. The largest absolute Gasteiger partial charge is 0.386 e. The molecular formula is C15H17F2N3O2S. The number of halogens is 2. The minimum absolute atomic E-state index is 0.0651. The van der Waals surface area contributed by atoms with Crippen LogP contribution < -0.4 is 10.6 Å². The van der Waals surface area contributed by atoms with Crippen LogP contribution in [0.3, 0.4) is 0 Å². The van der Waals surface area contributed by atoms with Crippen molar-refractivity contribution >= 4 is 17.4 Å². The van der Waals surface area contributed by atoms with Crippen molar-refractivity contribution in [2.75, 3.05) is 13.1 Å².